The van der Waals surface area contributed by atoms with E-state index in [1.165, 1.54) is 27.5 Å². The van der Waals surface area contributed by atoms with Gasteiger partial charge in [-0.3, -0.25) is 14.0 Å². The predicted molar refractivity (Wildman–Crippen MR) is 89.5 cm³/mol. The van der Waals surface area contributed by atoms with Crippen LogP contribution in [0.3, 0.4) is 0 Å². The first-order valence-electron chi connectivity index (χ1n) is 7.19. The Morgan fingerprint density at radius 2 is 2.45 bits per heavy atom. The number of fused-ring (bicyclic) bond motifs is 1. The van der Waals surface area contributed by atoms with E-state index in [1.54, 1.807) is 12.3 Å². The molecule has 22 heavy (non-hydrogen) atoms. The zero-order chi connectivity index (χ0) is 15.5. The highest BCUT2D eigenvalue weighted by Crippen LogP contribution is 2.14. The highest BCUT2D eigenvalue weighted by Gasteiger charge is 2.22. The van der Waals surface area contributed by atoms with E-state index in [9.17, 15) is 9.59 Å². The number of aromatic nitrogens is 2. The molecule has 0 aliphatic carbocycles. The molecule has 0 radical (unpaired) electrons. The first-order valence-corrected chi connectivity index (χ1v) is 9.22. The lowest BCUT2D eigenvalue weighted by Gasteiger charge is -2.33. The summed E-state index contributed by atoms with van der Waals surface area (Å²) in [5.41, 5.74) is 0.669. The molecule has 1 aliphatic heterocycles. The third-order valence-electron chi connectivity index (χ3n) is 3.65. The normalized spacial score (nSPS) is 18.8. The maximum Gasteiger partial charge on any atom is 0.258 e. The highest BCUT2D eigenvalue weighted by molar-refractivity contribution is 7.99. The Kier molecular flexibility index (Phi) is 4.80. The van der Waals surface area contributed by atoms with Crippen molar-refractivity contribution in [1.82, 2.24) is 19.6 Å². The van der Waals surface area contributed by atoms with Gasteiger partial charge in [0.2, 0.25) is 5.91 Å². The van der Waals surface area contributed by atoms with Crippen LogP contribution in [0.25, 0.3) is 4.96 Å². The van der Waals surface area contributed by atoms with E-state index in [1.807, 2.05) is 10.3 Å². The largest absolute Gasteiger partial charge is 0.337 e. The van der Waals surface area contributed by atoms with Gasteiger partial charge in [-0.25, -0.2) is 4.98 Å². The molecule has 0 bridgehead atoms. The van der Waals surface area contributed by atoms with Gasteiger partial charge in [0.25, 0.3) is 5.56 Å². The summed E-state index contributed by atoms with van der Waals surface area (Å²) in [7, 11) is 0. The lowest BCUT2D eigenvalue weighted by Crippen LogP contribution is -2.52. The fourth-order valence-electron chi connectivity index (χ4n) is 2.50. The molecule has 0 spiro atoms. The van der Waals surface area contributed by atoms with E-state index < -0.39 is 0 Å². The SMILES string of the molecule is CC1CNCCN1C(=O)CSCc1cc(=O)n2ccsc2n1. The molecule has 0 saturated carbocycles. The van der Waals surface area contributed by atoms with Gasteiger partial charge in [-0.2, -0.15) is 0 Å². The van der Waals surface area contributed by atoms with Crippen molar-refractivity contribution in [3.8, 4) is 0 Å². The minimum absolute atomic E-state index is 0.0658. The van der Waals surface area contributed by atoms with Gasteiger partial charge in [0, 0.05) is 49.1 Å². The Morgan fingerprint density at radius 3 is 3.27 bits per heavy atom. The molecule has 1 amide bonds. The van der Waals surface area contributed by atoms with Gasteiger partial charge in [0.15, 0.2) is 4.96 Å². The van der Waals surface area contributed by atoms with Crippen LogP contribution >= 0.6 is 23.1 Å². The lowest BCUT2D eigenvalue weighted by molar-refractivity contribution is -0.131. The summed E-state index contributed by atoms with van der Waals surface area (Å²) >= 11 is 2.95. The molecule has 1 N–H and O–H groups in total. The van der Waals surface area contributed by atoms with E-state index in [0.29, 0.717) is 16.5 Å². The number of nitrogens with zero attached hydrogens (tertiary/aromatic N) is 3. The summed E-state index contributed by atoms with van der Waals surface area (Å²) in [5, 5.41) is 5.12. The maximum absolute atomic E-state index is 12.2. The molecule has 8 heteroatoms. The van der Waals surface area contributed by atoms with Gasteiger partial charge in [-0.05, 0) is 6.92 Å². The Bertz CT molecular complexity index is 727. The smallest absolute Gasteiger partial charge is 0.258 e. The maximum atomic E-state index is 12.2. The van der Waals surface area contributed by atoms with E-state index in [0.717, 1.165) is 25.3 Å². The molecule has 2 aromatic rings. The minimum atomic E-state index is -0.0658. The van der Waals surface area contributed by atoms with Crippen molar-refractivity contribution in [2.45, 2.75) is 18.7 Å². The van der Waals surface area contributed by atoms with Gasteiger partial charge >= 0.3 is 0 Å². The number of thioether (sulfide) groups is 1. The van der Waals surface area contributed by atoms with Crippen molar-refractivity contribution in [1.29, 1.82) is 0 Å². The molecular weight excluding hydrogens is 320 g/mol. The van der Waals surface area contributed by atoms with Crippen LogP contribution in [0, 0.1) is 0 Å². The average Bonchev–Trinajstić information content (AvgIpc) is 2.96. The molecule has 2 aromatic heterocycles. The predicted octanol–water partition coefficient (Wildman–Crippen LogP) is 0.809. The van der Waals surface area contributed by atoms with Crippen LogP contribution < -0.4 is 10.9 Å². The third-order valence-corrected chi connectivity index (χ3v) is 5.36. The van der Waals surface area contributed by atoms with Crippen LogP contribution in [0.1, 0.15) is 12.6 Å². The van der Waals surface area contributed by atoms with Crippen molar-refractivity contribution < 1.29 is 4.79 Å². The van der Waals surface area contributed by atoms with Gasteiger partial charge < -0.3 is 10.2 Å². The summed E-state index contributed by atoms with van der Waals surface area (Å²) in [5.74, 6) is 1.17. The number of carbonyl (C=O) groups excluding carboxylic acids is 1. The van der Waals surface area contributed by atoms with Crippen molar-refractivity contribution in [2.75, 3.05) is 25.4 Å². The minimum Gasteiger partial charge on any atom is -0.337 e. The molecule has 1 unspecified atom stereocenters. The number of nitrogens with one attached hydrogen (secondary N) is 1. The van der Waals surface area contributed by atoms with Crippen molar-refractivity contribution >= 4 is 34.0 Å². The average molecular weight is 338 g/mol. The highest BCUT2D eigenvalue weighted by atomic mass is 32.2. The summed E-state index contributed by atoms with van der Waals surface area (Å²) < 4.78 is 1.53. The number of thiazole rings is 1. The second-order valence-corrected chi connectivity index (χ2v) is 7.13. The molecule has 1 fully saturated rings. The van der Waals surface area contributed by atoms with Crippen molar-refractivity contribution in [3.63, 3.8) is 0 Å². The molecule has 118 valence electrons. The first-order chi connectivity index (χ1) is 10.6. The van der Waals surface area contributed by atoms with Gasteiger partial charge in [-0.15, -0.1) is 23.1 Å². The van der Waals surface area contributed by atoms with E-state index in [4.69, 9.17) is 0 Å². The quantitative estimate of drug-likeness (QED) is 0.894. The molecule has 0 aromatic carbocycles. The van der Waals surface area contributed by atoms with Crippen LogP contribution in [0.15, 0.2) is 22.4 Å². The van der Waals surface area contributed by atoms with Crippen LogP contribution in [0.5, 0.6) is 0 Å². The fraction of sp³-hybridized carbons (Fsp3) is 0.500. The fourth-order valence-corrected chi connectivity index (χ4v) is 4.04. The number of amides is 1. The number of hydrogen-bond donors (Lipinski definition) is 1. The van der Waals surface area contributed by atoms with Gasteiger partial charge in [-0.1, -0.05) is 0 Å². The molecule has 1 aliphatic rings. The Morgan fingerprint density at radius 1 is 1.59 bits per heavy atom. The van der Waals surface area contributed by atoms with Gasteiger partial charge in [0.1, 0.15) is 0 Å². The summed E-state index contributed by atoms with van der Waals surface area (Å²) in [6.45, 7) is 4.53. The van der Waals surface area contributed by atoms with E-state index >= 15 is 0 Å². The topological polar surface area (TPSA) is 66.7 Å². The second-order valence-electron chi connectivity index (χ2n) is 5.27. The van der Waals surface area contributed by atoms with Crippen LogP contribution in [0.2, 0.25) is 0 Å². The Hall–Kier alpha value is -1.38. The summed E-state index contributed by atoms with van der Waals surface area (Å²) in [4.78, 5) is 31.2. The van der Waals surface area contributed by atoms with Crippen LogP contribution in [0.4, 0.5) is 0 Å². The van der Waals surface area contributed by atoms with Gasteiger partial charge in [0.05, 0.1) is 11.4 Å². The molecule has 3 rings (SSSR count). The Balaban J connectivity index is 1.57. The lowest BCUT2D eigenvalue weighted by atomic mass is 10.2. The standard InChI is InChI=1S/C14H18N4O2S2/c1-10-7-15-2-3-17(10)13(20)9-21-8-11-6-12(19)18-4-5-22-14(18)16-11/h4-6,10,15H,2-3,7-9H2,1H3. The molecule has 3 heterocycles. The first kappa shape index (κ1) is 15.5. The zero-order valence-corrected chi connectivity index (χ0v) is 14.0. The molecular formula is C14H18N4O2S2. The summed E-state index contributed by atoms with van der Waals surface area (Å²) in [6, 6.07) is 1.79. The monoisotopic (exact) mass is 338 g/mol. The van der Waals surface area contributed by atoms with Crippen LogP contribution in [-0.2, 0) is 10.5 Å². The Labute approximate surface area is 136 Å². The molecule has 1 atom stereocenters. The van der Waals surface area contributed by atoms with E-state index in [-0.39, 0.29) is 17.5 Å². The van der Waals surface area contributed by atoms with Crippen molar-refractivity contribution in [2.24, 2.45) is 0 Å². The number of rotatable bonds is 4. The number of piperazine rings is 1. The number of hydrogen-bond acceptors (Lipinski definition) is 6. The van der Waals surface area contributed by atoms with E-state index in [2.05, 4.69) is 17.2 Å². The summed E-state index contributed by atoms with van der Waals surface area (Å²) in [6.07, 6.45) is 1.72. The second kappa shape index (κ2) is 6.80. The van der Waals surface area contributed by atoms with Crippen LogP contribution in [-0.4, -0.2) is 51.6 Å². The molecule has 1 saturated heterocycles. The zero-order valence-electron chi connectivity index (χ0n) is 12.3. The van der Waals surface area contributed by atoms with Crippen molar-refractivity contribution in [3.05, 3.63) is 33.7 Å². The third kappa shape index (κ3) is 3.34. The number of carbonyl (C=O) groups is 1. The molecule has 6 nitrogen and oxygen atoms in total.